The molecule has 2 aromatic carbocycles. The Morgan fingerprint density at radius 2 is 2.02 bits per heavy atom. The lowest BCUT2D eigenvalue weighted by molar-refractivity contribution is -0.127. The van der Waals surface area contributed by atoms with E-state index in [1.165, 1.54) is 12.1 Å². The Labute approximate surface area is 252 Å². The number of pyridine rings is 1. The number of halogens is 3. The van der Waals surface area contributed by atoms with Crippen LogP contribution in [0.25, 0.3) is 32.9 Å². The molecule has 43 heavy (non-hydrogen) atoms. The molecule has 0 aliphatic carbocycles. The standard InChI is InChI=1S/C32H31ClF2N6O2/c1-4-25(42)40-11-10-23-24(40)15-41(23)31-21-13-36-29(20-7-5-6-18-8-9-22(34)27(33)26(18)20)28(35)30(21)37-32(38-31)43-16-19-12-17(2)14-39(19)3/h4-9,13,17,19,23-24H,1,10-12,14-16H2,2-3H3/t17-,19+,23-,24-/m1/s1. The van der Waals surface area contributed by atoms with Crippen LogP contribution in [-0.4, -0.2) is 82.1 Å². The molecule has 3 saturated heterocycles. The monoisotopic (exact) mass is 604 g/mol. The van der Waals surface area contributed by atoms with Crippen LogP contribution in [0, 0.1) is 17.6 Å². The summed E-state index contributed by atoms with van der Waals surface area (Å²) in [7, 11) is 2.07. The average Bonchev–Trinajstić information content (AvgIpc) is 3.50. The smallest absolute Gasteiger partial charge is 0.319 e. The van der Waals surface area contributed by atoms with Gasteiger partial charge in [-0.05, 0) is 43.3 Å². The van der Waals surface area contributed by atoms with Gasteiger partial charge in [-0.15, -0.1) is 0 Å². The Morgan fingerprint density at radius 3 is 2.79 bits per heavy atom. The second kappa shape index (κ2) is 10.7. The van der Waals surface area contributed by atoms with Gasteiger partial charge in [-0.3, -0.25) is 14.7 Å². The zero-order chi connectivity index (χ0) is 30.0. The van der Waals surface area contributed by atoms with Gasteiger partial charge in [-0.1, -0.05) is 49.4 Å². The highest BCUT2D eigenvalue weighted by molar-refractivity contribution is 6.36. The van der Waals surface area contributed by atoms with Crippen molar-refractivity contribution in [1.82, 2.24) is 24.8 Å². The molecule has 3 fully saturated rings. The van der Waals surface area contributed by atoms with Crippen molar-refractivity contribution in [3.8, 4) is 17.3 Å². The lowest BCUT2D eigenvalue weighted by Gasteiger charge is -2.47. The number of fused-ring (bicyclic) bond motifs is 3. The molecule has 0 unspecified atom stereocenters. The number of likely N-dealkylation sites (tertiary alicyclic amines) is 2. The van der Waals surface area contributed by atoms with E-state index in [0.717, 1.165) is 19.4 Å². The van der Waals surface area contributed by atoms with E-state index in [0.29, 0.717) is 53.2 Å². The highest BCUT2D eigenvalue weighted by Gasteiger charge is 2.49. The van der Waals surface area contributed by atoms with Crippen molar-refractivity contribution >= 4 is 45.0 Å². The molecular weight excluding hydrogens is 574 g/mol. The predicted molar refractivity (Wildman–Crippen MR) is 162 cm³/mol. The minimum absolute atomic E-state index is 0.00987. The highest BCUT2D eigenvalue weighted by atomic mass is 35.5. The van der Waals surface area contributed by atoms with E-state index in [-0.39, 0.29) is 46.3 Å². The van der Waals surface area contributed by atoms with Crippen molar-refractivity contribution in [3.63, 3.8) is 0 Å². The minimum Gasteiger partial charge on any atom is -0.462 e. The molecule has 0 bridgehead atoms. The summed E-state index contributed by atoms with van der Waals surface area (Å²) >= 11 is 6.38. The van der Waals surface area contributed by atoms with Gasteiger partial charge in [0.2, 0.25) is 5.91 Å². The molecule has 7 rings (SSSR count). The number of carbonyl (C=O) groups is 1. The summed E-state index contributed by atoms with van der Waals surface area (Å²) in [4.78, 5) is 32.4. The van der Waals surface area contributed by atoms with Gasteiger partial charge in [0.25, 0.3) is 0 Å². The molecule has 4 atom stereocenters. The minimum atomic E-state index is -0.669. The van der Waals surface area contributed by atoms with E-state index in [1.807, 2.05) is 4.90 Å². The molecular formula is C32H31ClF2N6O2. The van der Waals surface area contributed by atoms with Crippen LogP contribution in [0.2, 0.25) is 5.02 Å². The van der Waals surface area contributed by atoms with E-state index in [1.54, 1.807) is 30.5 Å². The van der Waals surface area contributed by atoms with Crippen molar-refractivity contribution in [2.45, 2.75) is 37.9 Å². The zero-order valence-electron chi connectivity index (χ0n) is 23.9. The summed E-state index contributed by atoms with van der Waals surface area (Å²) in [5.41, 5.74) is 0.433. The van der Waals surface area contributed by atoms with Crippen molar-refractivity contribution in [2.75, 3.05) is 38.2 Å². The molecule has 0 saturated carbocycles. The number of likely N-dealkylation sites (N-methyl/N-ethyl adjacent to an activating group) is 1. The molecule has 3 aliphatic heterocycles. The number of hydrogen-bond acceptors (Lipinski definition) is 7. The lowest BCUT2D eigenvalue weighted by atomic mass is 9.96. The quantitative estimate of drug-likeness (QED) is 0.270. The molecule has 3 aliphatic rings. The second-order valence-corrected chi connectivity index (χ2v) is 12.2. The summed E-state index contributed by atoms with van der Waals surface area (Å²) in [6.45, 7) is 8.34. The molecule has 0 spiro atoms. The van der Waals surface area contributed by atoms with Gasteiger partial charge in [0.15, 0.2) is 5.82 Å². The van der Waals surface area contributed by atoms with Crippen LogP contribution in [0.4, 0.5) is 14.6 Å². The summed E-state index contributed by atoms with van der Waals surface area (Å²) in [5, 5.41) is 1.38. The first-order valence-electron chi connectivity index (χ1n) is 14.5. The van der Waals surface area contributed by atoms with Gasteiger partial charge in [-0.25, -0.2) is 8.78 Å². The van der Waals surface area contributed by atoms with Crippen LogP contribution in [0.15, 0.2) is 49.2 Å². The van der Waals surface area contributed by atoms with Crippen molar-refractivity contribution in [1.29, 1.82) is 0 Å². The maximum atomic E-state index is 16.6. The van der Waals surface area contributed by atoms with E-state index in [9.17, 15) is 9.18 Å². The molecule has 1 amide bonds. The second-order valence-electron chi connectivity index (χ2n) is 11.8. The van der Waals surface area contributed by atoms with E-state index < -0.39 is 11.6 Å². The van der Waals surface area contributed by atoms with Crippen molar-refractivity contribution in [2.24, 2.45) is 5.92 Å². The first-order valence-corrected chi connectivity index (χ1v) is 14.9. The van der Waals surface area contributed by atoms with Crippen LogP contribution >= 0.6 is 11.6 Å². The summed E-state index contributed by atoms with van der Waals surface area (Å²) in [5.74, 6) is -0.292. The largest absolute Gasteiger partial charge is 0.462 e. The topological polar surface area (TPSA) is 74.7 Å². The fourth-order valence-corrected chi connectivity index (χ4v) is 7.25. The van der Waals surface area contributed by atoms with Gasteiger partial charge < -0.3 is 14.5 Å². The lowest BCUT2D eigenvalue weighted by Crippen LogP contribution is -2.63. The first kappa shape index (κ1) is 27.9. The van der Waals surface area contributed by atoms with Gasteiger partial charge in [0.1, 0.15) is 29.5 Å². The third kappa shape index (κ3) is 4.58. The normalized spacial score (nSPS) is 23.6. The third-order valence-electron chi connectivity index (χ3n) is 9.16. The Hall–Kier alpha value is -3.89. The maximum Gasteiger partial charge on any atom is 0.319 e. The molecule has 0 N–H and O–H groups in total. The number of hydrogen-bond donors (Lipinski definition) is 0. The fraction of sp³-hybridized carbons (Fsp3) is 0.375. The summed E-state index contributed by atoms with van der Waals surface area (Å²) < 4.78 is 37.2. The van der Waals surface area contributed by atoms with Gasteiger partial charge in [-0.2, -0.15) is 9.97 Å². The molecule has 2 aromatic heterocycles. The number of rotatable bonds is 6. The zero-order valence-corrected chi connectivity index (χ0v) is 24.7. The average molecular weight is 605 g/mol. The third-order valence-corrected chi connectivity index (χ3v) is 9.53. The molecule has 222 valence electrons. The Morgan fingerprint density at radius 1 is 1.19 bits per heavy atom. The SMILES string of the molecule is C=CC(=O)N1CC[C@@H]2[C@H]1CN2c1nc(OC[C@@H]2C[C@@H](C)CN2C)nc2c(F)c(-c3cccc4ccc(F)c(Cl)c34)ncc12. The van der Waals surface area contributed by atoms with Crippen LogP contribution in [0.1, 0.15) is 19.8 Å². The van der Waals surface area contributed by atoms with E-state index in [4.69, 9.17) is 21.3 Å². The number of aromatic nitrogens is 3. The number of benzene rings is 2. The van der Waals surface area contributed by atoms with E-state index in [2.05, 4.69) is 40.3 Å². The number of ether oxygens (including phenoxy) is 1. The van der Waals surface area contributed by atoms with Crippen LogP contribution in [0.3, 0.4) is 0 Å². The number of carbonyl (C=O) groups excluding carboxylic acids is 1. The van der Waals surface area contributed by atoms with Crippen LogP contribution in [-0.2, 0) is 4.79 Å². The van der Waals surface area contributed by atoms with Gasteiger partial charge >= 0.3 is 6.01 Å². The summed E-state index contributed by atoms with van der Waals surface area (Å²) in [6, 6.07) is 8.44. The Balaban J connectivity index is 1.32. The van der Waals surface area contributed by atoms with Crippen molar-refractivity contribution in [3.05, 3.63) is 65.8 Å². The Bertz CT molecular complexity index is 1790. The van der Waals surface area contributed by atoms with E-state index >= 15 is 4.39 Å². The first-order chi connectivity index (χ1) is 20.7. The molecule has 4 aromatic rings. The predicted octanol–water partition coefficient (Wildman–Crippen LogP) is 5.47. The fourth-order valence-electron chi connectivity index (χ4n) is 6.98. The van der Waals surface area contributed by atoms with Gasteiger partial charge in [0.05, 0.1) is 22.5 Å². The number of amides is 1. The van der Waals surface area contributed by atoms with Crippen LogP contribution < -0.4 is 9.64 Å². The highest BCUT2D eigenvalue weighted by Crippen LogP contribution is 2.42. The van der Waals surface area contributed by atoms with Gasteiger partial charge in [0, 0.05) is 42.8 Å². The Kier molecular flexibility index (Phi) is 6.93. The molecule has 5 heterocycles. The summed E-state index contributed by atoms with van der Waals surface area (Å²) in [6.07, 6.45) is 4.63. The van der Waals surface area contributed by atoms with Crippen LogP contribution in [0.5, 0.6) is 6.01 Å². The van der Waals surface area contributed by atoms with Crippen molar-refractivity contribution < 1.29 is 18.3 Å². The molecule has 11 heteroatoms. The molecule has 0 radical (unpaired) electrons. The number of anilines is 1. The molecule has 8 nitrogen and oxygen atoms in total. The number of nitrogens with zero attached hydrogens (tertiary/aromatic N) is 6. The maximum absolute atomic E-state index is 16.6.